The second-order valence-electron chi connectivity index (χ2n) is 8.40. The molecule has 2 aromatic heterocycles. The lowest BCUT2D eigenvalue weighted by atomic mass is 10.1. The number of aromatic nitrogens is 3. The van der Waals surface area contributed by atoms with Crippen LogP contribution in [0, 0.1) is 29.6 Å². The van der Waals surface area contributed by atoms with E-state index in [1.807, 2.05) is 46.0 Å². The van der Waals surface area contributed by atoms with Gasteiger partial charge in [0, 0.05) is 55.5 Å². The van der Waals surface area contributed by atoms with E-state index >= 15 is 0 Å². The molecule has 2 unspecified atom stereocenters. The number of hydrogen-bond acceptors (Lipinski definition) is 5. The maximum Gasteiger partial charge on any atom is 0.219 e. The maximum absolute atomic E-state index is 11.4. The third-order valence-corrected chi connectivity index (χ3v) is 6.20. The highest BCUT2D eigenvalue weighted by Gasteiger charge is 2.55. The van der Waals surface area contributed by atoms with Gasteiger partial charge in [-0.1, -0.05) is 17.0 Å². The van der Waals surface area contributed by atoms with Crippen LogP contribution in [0.15, 0.2) is 47.2 Å². The van der Waals surface area contributed by atoms with Crippen LogP contribution in [0.5, 0.6) is 0 Å². The van der Waals surface area contributed by atoms with Gasteiger partial charge in [-0.3, -0.25) is 4.79 Å². The minimum Gasteiger partial charge on any atom is -0.385 e. The van der Waals surface area contributed by atoms with Crippen molar-refractivity contribution in [1.82, 2.24) is 19.6 Å². The maximum atomic E-state index is 11.4. The van der Waals surface area contributed by atoms with E-state index in [-0.39, 0.29) is 5.91 Å². The molecule has 158 valence electrons. The molecular weight excluding hydrogens is 392 g/mol. The van der Waals surface area contributed by atoms with Gasteiger partial charge in [0.15, 0.2) is 5.76 Å². The van der Waals surface area contributed by atoms with Crippen LogP contribution in [-0.4, -0.2) is 43.7 Å². The molecule has 1 saturated carbocycles. The van der Waals surface area contributed by atoms with Crippen LogP contribution in [0.2, 0.25) is 0 Å². The van der Waals surface area contributed by atoms with Gasteiger partial charge in [-0.25, -0.2) is 4.98 Å². The topological polar surface area (TPSA) is 84.4 Å². The average molecular weight is 416 g/mol. The number of benzene rings is 1. The summed E-state index contributed by atoms with van der Waals surface area (Å²) in [6, 6.07) is 9.85. The molecule has 3 atom stereocenters. The Morgan fingerprint density at radius 3 is 2.71 bits per heavy atom. The summed E-state index contributed by atoms with van der Waals surface area (Å²) in [6.45, 7) is 5.51. The molecule has 31 heavy (non-hydrogen) atoms. The summed E-state index contributed by atoms with van der Waals surface area (Å²) in [7, 11) is 0. The van der Waals surface area contributed by atoms with E-state index < -0.39 is 6.10 Å². The first-order valence-corrected chi connectivity index (χ1v) is 10.5. The fraction of sp³-hybridized carbons (Fsp3) is 0.375. The lowest BCUT2D eigenvalue weighted by Crippen LogP contribution is -2.28. The smallest absolute Gasteiger partial charge is 0.219 e. The Hall–Kier alpha value is -3.37. The second kappa shape index (κ2) is 7.71. The molecule has 1 saturated heterocycles. The molecule has 1 N–H and O–H groups in total. The molecule has 0 bridgehead atoms. The van der Waals surface area contributed by atoms with E-state index in [4.69, 9.17) is 4.52 Å². The number of aliphatic hydroxyl groups excluding tert-OH is 1. The number of nitrogens with zero attached hydrogens (tertiary/aromatic N) is 4. The monoisotopic (exact) mass is 416 g/mol. The van der Waals surface area contributed by atoms with Gasteiger partial charge >= 0.3 is 0 Å². The largest absolute Gasteiger partial charge is 0.385 e. The SMILES string of the molecule is CC(=O)N1CC2C(C#Cc3ccc(-c4cc(Cn5ccnc5[C@H](C)O)no4)cc3)C2C1. The molecule has 1 aliphatic heterocycles. The fourth-order valence-electron chi connectivity index (χ4n) is 4.40. The number of amides is 1. The Morgan fingerprint density at radius 2 is 2.03 bits per heavy atom. The van der Waals surface area contributed by atoms with Gasteiger partial charge in [0.2, 0.25) is 5.91 Å². The van der Waals surface area contributed by atoms with Crippen LogP contribution in [0.25, 0.3) is 11.3 Å². The highest BCUT2D eigenvalue weighted by molar-refractivity contribution is 5.74. The quantitative estimate of drug-likeness (QED) is 0.661. The number of aliphatic hydroxyl groups is 1. The van der Waals surface area contributed by atoms with Crippen LogP contribution in [0.1, 0.15) is 37.0 Å². The van der Waals surface area contributed by atoms with E-state index in [0.29, 0.717) is 35.9 Å². The predicted octanol–water partition coefficient (Wildman–Crippen LogP) is 2.72. The summed E-state index contributed by atoms with van der Waals surface area (Å²) in [4.78, 5) is 17.5. The fourth-order valence-corrected chi connectivity index (χ4v) is 4.40. The van der Waals surface area contributed by atoms with Gasteiger partial charge in [-0.2, -0.15) is 0 Å². The first-order valence-electron chi connectivity index (χ1n) is 10.5. The predicted molar refractivity (Wildman–Crippen MR) is 114 cm³/mol. The lowest BCUT2D eigenvalue weighted by molar-refractivity contribution is -0.128. The number of imidazole rings is 1. The van der Waals surface area contributed by atoms with E-state index in [1.165, 1.54) is 0 Å². The van der Waals surface area contributed by atoms with Gasteiger partial charge in [0.1, 0.15) is 17.6 Å². The number of fused-ring (bicyclic) bond motifs is 1. The van der Waals surface area contributed by atoms with Gasteiger partial charge in [0.25, 0.3) is 0 Å². The van der Waals surface area contributed by atoms with Crippen molar-refractivity contribution in [2.24, 2.45) is 17.8 Å². The molecule has 3 heterocycles. The third-order valence-electron chi connectivity index (χ3n) is 6.20. The summed E-state index contributed by atoms with van der Waals surface area (Å²) < 4.78 is 7.37. The molecule has 1 aliphatic carbocycles. The molecule has 3 aromatic rings. The zero-order chi connectivity index (χ0) is 21.5. The van der Waals surface area contributed by atoms with Crippen LogP contribution in [0.3, 0.4) is 0 Å². The van der Waals surface area contributed by atoms with Crippen molar-refractivity contribution in [1.29, 1.82) is 0 Å². The number of hydrogen-bond donors (Lipinski definition) is 1. The highest BCUT2D eigenvalue weighted by Crippen LogP contribution is 2.51. The van der Waals surface area contributed by atoms with Crippen molar-refractivity contribution in [2.75, 3.05) is 13.1 Å². The summed E-state index contributed by atoms with van der Waals surface area (Å²) in [5, 5.41) is 13.9. The summed E-state index contributed by atoms with van der Waals surface area (Å²) in [5.41, 5.74) is 2.67. The van der Waals surface area contributed by atoms with Gasteiger partial charge in [-0.05, 0) is 43.0 Å². The number of piperidine rings is 1. The van der Waals surface area contributed by atoms with Crippen LogP contribution in [0.4, 0.5) is 0 Å². The highest BCUT2D eigenvalue weighted by atomic mass is 16.5. The third kappa shape index (κ3) is 3.87. The molecule has 7 nitrogen and oxygen atoms in total. The lowest BCUT2D eigenvalue weighted by Gasteiger charge is -2.15. The molecule has 0 radical (unpaired) electrons. The van der Waals surface area contributed by atoms with Crippen molar-refractivity contribution in [3.63, 3.8) is 0 Å². The summed E-state index contributed by atoms with van der Waals surface area (Å²) >= 11 is 0. The number of rotatable bonds is 4. The molecule has 2 fully saturated rings. The molecule has 1 amide bonds. The second-order valence-corrected chi connectivity index (χ2v) is 8.40. The Balaban J connectivity index is 1.22. The van der Waals surface area contributed by atoms with E-state index in [1.54, 1.807) is 20.0 Å². The Labute approximate surface area is 180 Å². The molecule has 5 rings (SSSR count). The molecular formula is C24H24N4O3. The number of likely N-dealkylation sites (tertiary alicyclic amines) is 1. The zero-order valence-corrected chi connectivity index (χ0v) is 17.5. The van der Waals surface area contributed by atoms with Crippen molar-refractivity contribution in [2.45, 2.75) is 26.5 Å². The van der Waals surface area contributed by atoms with E-state index in [2.05, 4.69) is 22.0 Å². The van der Waals surface area contributed by atoms with Crippen LogP contribution < -0.4 is 0 Å². The van der Waals surface area contributed by atoms with Crippen molar-refractivity contribution >= 4 is 5.91 Å². The van der Waals surface area contributed by atoms with Gasteiger partial charge in [-0.15, -0.1) is 0 Å². The minimum absolute atomic E-state index is 0.165. The summed E-state index contributed by atoms with van der Waals surface area (Å²) in [6.07, 6.45) is 2.84. The van der Waals surface area contributed by atoms with Gasteiger partial charge < -0.3 is 19.1 Å². The number of carbonyl (C=O) groups is 1. The first-order chi connectivity index (χ1) is 15.0. The van der Waals surface area contributed by atoms with Crippen LogP contribution in [-0.2, 0) is 11.3 Å². The van der Waals surface area contributed by atoms with Gasteiger partial charge in [0.05, 0.1) is 6.54 Å². The van der Waals surface area contributed by atoms with E-state index in [0.717, 1.165) is 29.9 Å². The Bertz CT molecular complexity index is 1150. The molecule has 0 spiro atoms. The van der Waals surface area contributed by atoms with Crippen molar-refractivity contribution in [3.05, 3.63) is 59.8 Å². The van der Waals surface area contributed by atoms with Crippen LogP contribution >= 0.6 is 0 Å². The minimum atomic E-state index is -0.640. The molecule has 1 aromatic carbocycles. The Morgan fingerprint density at radius 1 is 1.29 bits per heavy atom. The van der Waals surface area contributed by atoms with E-state index in [9.17, 15) is 9.90 Å². The number of carbonyl (C=O) groups excluding carboxylic acids is 1. The molecule has 2 aliphatic rings. The normalized spacial score (nSPS) is 22.5. The Kier molecular flexibility index (Phi) is 4.87. The zero-order valence-electron chi connectivity index (χ0n) is 17.5. The summed E-state index contributed by atoms with van der Waals surface area (Å²) in [5.74, 6) is 9.63. The standard InChI is InChI=1S/C24H24N4O3/c1-15(29)24-25-9-10-27(24)12-19-11-23(31-26-19)18-6-3-17(4-7-18)5-8-20-21-13-28(16(2)30)14-22(20)21/h3-4,6-7,9-11,15,20-22,29H,12-14H2,1-2H3/t15-,20?,21?,22?/m0/s1. The first kappa shape index (κ1) is 19.6. The van der Waals surface area contributed by atoms with Crippen molar-refractivity contribution < 1.29 is 14.4 Å². The van der Waals surface area contributed by atoms with Crippen molar-refractivity contribution in [3.8, 4) is 23.2 Å². The molecule has 7 heteroatoms. The average Bonchev–Trinajstić information content (AvgIpc) is 3.24.